The van der Waals surface area contributed by atoms with Gasteiger partial charge in [0.25, 0.3) is 0 Å². The van der Waals surface area contributed by atoms with Crippen molar-refractivity contribution in [2.75, 3.05) is 20.3 Å². The summed E-state index contributed by atoms with van der Waals surface area (Å²) in [6.45, 7) is 2.77. The number of hydrogen-bond acceptors (Lipinski definition) is 6. The molecule has 0 amide bonds. The van der Waals surface area contributed by atoms with Gasteiger partial charge < -0.3 is 19.5 Å². The number of ether oxygens (including phenoxy) is 3. The van der Waals surface area contributed by atoms with E-state index in [1.807, 2.05) is 48.3 Å². The van der Waals surface area contributed by atoms with Crippen LogP contribution in [0.15, 0.2) is 42.7 Å². The molecule has 3 heterocycles. The minimum Gasteiger partial charge on any atom is -0.490 e. The van der Waals surface area contributed by atoms with E-state index in [2.05, 4.69) is 15.4 Å². The van der Waals surface area contributed by atoms with Crippen molar-refractivity contribution < 1.29 is 14.2 Å². The molecule has 1 aromatic carbocycles. The largest absolute Gasteiger partial charge is 0.490 e. The van der Waals surface area contributed by atoms with Crippen LogP contribution in [-0.4, -0.2) is 35.1 Å². The number of rotatable bonds is 6. The number of methoxy groups -OCH3 is 1. The Morgan fingerprint density at radius 3 is 2.82 bits per heavy atom. The second-order valence-corrected chi connectivity index (χ2v) is 6.70. The molecule has 4 rings (SSSR count). The molecule has 0 aliphatic carbocycles. The molecule has 3 aromatic rings. The van der Waals surface area contributed by atoms with Gasteiger partial charge in [-0.15, -0.1) is 0 Å². The highest BCUT2D eigenvalue weighted by Crippen LogP contribution is 2.34. The Morgan fingerprint density at radius 1 is 1.11 bits per heavy atom. The minimum atomic E-state index is 0.619. The monoisotopic (exact) mass is 380 g/mol. The van der Waals surface area contributed by atoms with Gasteiger partial charge in [0.2, 0.25) is 5.88 Å². The summed E-state index contributed by atoms with van der Waals surface area (Å²) in [5.74, 6) is 2.19. The Labute approximate surface area is 164 Å². The van der Waals surface area contributed by atoms with Crippen LogP contribution in [0.2, 0.25) is 0 Å². The molecule has 28 heavy (non-hydrogen) atoms. The van der Waals surface area contributed by atoms with Crippen LogP contribution >= 0.6 is 0 Å². The van der Waals surface area contributed by atoms with Crippen molar-refractivity contribution >= 4 is 0 Å². The normalized spacial score (nSPS) is 13.2. The number of aryl methyl sites for hydroxylation is 1. The fraction of sp³-hybridized carbons (Fsp3) is 0.333. The fourth-order valence-corrected chi connectivity index (χ4v) is 3.23. The molecule has 7 nitrogen and oxygen atoms in total. The molecule has 146 valence electrons. The lowest BCUT2D eigenvalue weighted by atomic mass is 10.1. The lowest BCUT2D eigenvalue weighted by molar-refractivity contribution is 0.297. The van der Waals surface area contributed by atoms with E-state index in [4.69, 9.17) is 14.2 Å². The number of pyridine rings is 1. The number of hydrogen-bond donors (Lipinski definition) is 1. The molecule has 1 aliphatic heterocycles. The van der Waals surface area contributed by atoms with Crippen LogP contribution < -0.4 is 19.5 Å². The summed E-state index contributed by atoms with van der Waals surface area (Å²) in [5.41, 5.74) is 4.20. The second kappa shape index (κ2) is 8.31. The Hall–Kier alpha value is -3.06. The molecular weight excluding hydrogens is 356 g/mol. The zero-order valence-corrected chi connectivity index (χ0v) is 16.1. The van der Waals surface area contributed by atoms with E-state index in [9.17, 15) is 0 Å². The third kappa shape index (κ3) is 4.09. The molecule has 0 unspecified atom stereocenters. The first-order valence-electron chi connectivity index (χ1n) is 9.35. The molecule has 1 N–H and O–H groups in total. The quantitative estimate of drug-likeness (QED) is 0.709. The topological polar surface area (TPSA) is 70.4 Å². The van der Waals surface area contributed by atoms with Gasteiger partial charge in [0.05, 0.1) is 26.0 Å². The number of aromatic nitrogens is 3. The third-order valence-corrected chi connectivity index (χ3v) is 4.58. The van der Waals surface area contributed by atoms with Crippen molar-refractivity contribution in [3.63, 3.8) is 0 Å². The summed E-state index contributed by atoms with van der Waals surface area (Å²) in [5, 5.41) is 8.13. The van der Waals surface area contributed by atoms with E-state index in [0.29, 0.717) is 32.2 Å². The SMILES string of the molecule is COc1cc(CNCc2cn(C)nc2-c2ccc3c(c2)OCCCO3)ccn1. The summed E-state index contributed by atoms with van der Waals surface area (Å²) in [6.07, 6.45) is 4.68. The van der Waals surface area contributed by atoms with Crippen LogP contribution in [0.3, 0.4) is 0 Å². The zero-order chi connectivity index (χ0) is 19.3. The summed E-state index contributed by atoms with van der Waals surface area (Å²) in [6, 6.07) is 9.92. The van der Waals surface area contributed by atoms with E-state index in [0.717, 1.165) is 40.3 Å². The van der Waals surface area contributed by atoms with Crippen molar-refractivity contribution in [1.82, 2.24) is 20.1 Å². The molecule has 0 bridgehead atoms. The van der Waals surface area contributed by atoms with E-state index >= 15 is 0 Å². The highest BCUT2D eigenvalue weighted by molar-refractivity contribution is 5.66. The first-order chi connectivity index (χ1) is 13.7. The average molecular weight is 380 g/mol. The Balaban J connectivity index is 1.50. The van der Waals surface area contributed by atoms with Gasteiger partial charge in [0.1, 0.15) is 0 Å². The van der Waals surface area contributed by atoms with Crippen LogP contribution in [0.5, 0.6) is 17.4 Å². The molecule has 0 saturated heterocycles. The molecule has 0 fully saturated rings. The molecule has 0 radical (unpaired) electrons. The van der Waals surface area contributed by atoms with Gasteiger partial charge in [-0.05, 0) is 29.8 Å². The average Bonchev–Trinajstić information content (AvgIpc) is 2.93. The predicted molar refractivity (Wildman–Crippen MR) is 106 cm³/mol. The molecule has 1 aliphatic rings. The van der Waals surface area contributed by atoms with Crippen molar-refractivity contribution in [1.29, 1.82) is 0 Å². The van der Waals surface area contributed by atoms with Crippen LogP contribution in [0, 0.1) is 0 Å². The van der Waals surface area contributed by atoms with Crippen LogP contribution in [0.25, 0.3) is 11.3 Å². The van der Waals surface area contributed by atoms with Crippen LogP contribution in [0.4, 0.5) is 0 Å². The number of nitrogens with one attached hydrogen (secondary N) is 1. The van der Waals surface area contributed by atoms with Gasteiger partial charge in [-0.1, -0.05) is 0 Å². The molecule has 0 atom stereocenters. The summed E-state index contributed by atoms with van der Waals surface area (Å²) >= 11 is 0. The smallest absolute Gasteiger partial charge is 0.213 e. The zero-order valence-electron chi connectivity index (χ0n) is 16.1. The van der Waals surface area contributed by atoms with Crippen LogP contribution in [0.1, 0.15) is 17.5 Å². The van der Waals surface area contributed by atoms with Gasteiger partial charge in [0.15, 0.2) is 11.5 Å². The summed E-state index contributed by atoms with van der Waals surface area (Å²) < 4.78 is 18.6. The molecule has 7 heteroatoms. The minimum absolute atomic E-state index is 0.619. The van der Waals surface area contributed by atoms with E-state index < -0.39 is 0 Å². The maximum atomic E-state index is 5.83. The first kappa shape index (κ1) is 18.3. The first-order valence-corrected chi connectivity index (χ1v) is 9.35. The van der Waals surface area contributed by atoms with Gasteiger partial charge >= 0.3 is 0 Å². The maximum Gasteiger partial charge on any atom is 0.213 e. The van der Waals surface area contributed by atoms with Crippen LogP contribution in [-0.2, 0) is 20.1 Å². The highest BCUT2D eigenvalue weighted by atomic mass is 16.5. The van der Waals surface area contributed by atoms with E-state index in [-0.39, 0.29) is 0 Å². The van der Waals surface area contributed by atoms with Crippen molar-refractivity contribution in [3.05, 3.63) is 53.9 Å². The molecule has 0 saturated carbocycles. The van der Waals surface area contributed by atoms with E-state index in [1.165, 1.54) is 0 Å². The number of benzene rings is 1. The van der Waals surface area contributed by atoms with Gasteiger partial charge in [0, 0.05) is 56.1 Å². The Morgan fingerprint density at radius 2 is 1.96 bits per heavy atom. The number of nitrogens with zero attached hydrogens (tertiary/aromatic N) is 3. The lowest BCUT2D eigenvalue weighted by Gasteiger charge is -2.10. The van der Waals surface area contributed by atoms with Gasteiger partial charge in [-0.25, -0.2) is 4.98 Å². The predicted octanol–water partition coefficient (Wildman–Crippen LogP) is 2.94. The summed E-state index contributed by atoms with van der Waals surface area (Å²) in [4.78, 5) is 4.14. The van der Waals surface area contributed by atoms with Crippen molar-refractivity contribution in [2.24, 2.45) is 7.05 Å². The summed E-state index contributed by atoms with van der Waals surface area (Å²) in [7, 11) is 3.56. The lowest BCUT2D eigenvalue weighted by Crippen LogP contribution is -2.13. The highest BCUT2D eigenvalue weighted by Gasteiger charge is 2.15. The molecular formula is C21H24N4O3. The van der Waals surface area contributed by atoms with E-state index in [1.54, 1.807) is 13.3 Å². The maximum absolute atomic E-state index is 5.83. The van der Waals surface area contributed by atoms with Gasteiger partial charge in [-0.3, -0.25) is 4.68 Å². The standard InChI is InChI=1S/C21H24N4O3/c1-25-14-17(13-22-12-15-6-7-23-20(10-15)26-2)21(24-25)16-4-5-18-19(11-16)28-9-3-8-27-18/h4-7,10-11,14,22H,3,8-9,12-13H2,1-2H3. The third-order valence-electron chi connectivity index (χ3n) is 4.58. The number of fused-ring (bicyclic) bond motifs is 1. The Kier molecular flexibility index (Phi) is 5.43. The second-order valence-electron chi connectivity index (χ2n) is 6.70. The fourth-order valence-electron chi connectivity index (χ4n) is 3.23. The van der Waals surface area contributed by atoms with Gasteiger partial charge in [-0.2, -0.15) is 5.10 Å². The Bertz CT molecular complexity index is 955. The molecule has 0 spiro atoms. The van der Waals surface area contributed by atoms with Crippen molar-refractivity contribution in [3.8, 4) is 28.6 Å². The van der Waals surface area contributed by atoms with Crippen molar-refractivity contribution in [2.45, 2.75) is 19.5 Å². The molecule has 2 aromatic heterocycles.